The highest BCUT2D eigenvalue weighted by molar-refractivity contribution is 9.10. The zero-order valence-electron chi connectivity index (χ0n) is 16.6. The van der Waals surface area contributed by atoms with Crippen molar-refractivity contribution >= 4 is 27.7 Å². The molecule has 1 fully saturated rings. The molecule has 0 heterocycles. The highest BCUT2D eigenvalue weighted by atomic mass is 79.9. The monoisotopic (exact) mass is 458 g/mol. The zero-order chi connectivity index (χ0) is 20.6. The van der Waals surface area contributed by atoms with Crippen molar-refractivity contribution in [1.29, 1.82) is 0 Å². The molecule has 5 nitrogen and oxygen atoms in total. The van der Waals surface area contributed by atoms with Gasteiger partial charge >= 0.3 is 0 Å². The molecule has 1 unspecified atom stereocenters. The molecule has 3 rings (SSSR count). The Morgan fingerprint density at radius 1 is 1.10 bits per heavy atom. The fraction of sp³-hybridized carbons (Fsp3) is 0.391. The Bertz CT molecular complexity index is 805. The Kier molecular flexibility index (Phi) is 7.69. The molecule has 1 aliphatic rings. The minimum Gasteiger partial charge on any atom is -0.484 e. The quantitative estimate of drug-likeness (QED) is 0.641. The third kappa shape index (κ3) is 6.32. The Labute approximate surface area is 180 Å². The Morgan fingerprint density at radius 3 is 2.41 bits per heavy atom. The van der Waals surface area contributed by atoms with E-state index >= 15 is 0 Å². The summed E-state index contributed by atoms with van der Waals surface area (Å²) in [4.78, 5) is 27.4. The van der Waals surface area contributed by atoms with Gasteiger partial charge in [-0.25, -0.2) is 0 Å². The topological polar surface area (TPSA) is 58.6 Å². The molecule has 1 N–H and O–H groups in total. The van der Waals surface area contributed by atoms with Crippen LogP contribution < -0.4 is 10.1 Å². The van der Waals surface area contributed by atoms with Crippen LogP contribution in [-0.4, -0.2) is 35.4 Å². The summed E-state index contributed by atoms with van der Waals surface area (Å²) in [6, 6.07) is 16.6. The Balaban J connectivity index is 1.69. The number of ether oxygens (including phenoxy) is 1. The second-order valence-electron chi connectivity index (χ2n) is 7.42. The number of nitrogens with one attached hydrogen (secondary N) is 1. The summed E-state index contributed by atoms with van der Waals surface area (Å²) in [6.07, 6.45) is 4.31. The number of halogens is 1. The molecule has 1 aliphatic carbocycles. The van der Waals surface area contributed by atoms with Crippen LogP contribution in [0, 0.1) is 0 Å². The molecule has 2 aromatic carbocycles. The molecule has 0 aromatic heterocycles. The van der Waals surface area contributed by atoms with Crippen LogP contribution in [0.3, 0.4) is 0 Å². The van der Waals surface area contributed by atoms with Gasteiger partial charge in [-0.05, 0) is 49.6 Å². The van der Waals surface area contributed by atoms with Crippen LogP contribution in [0.1, 0.15) is 38.2 Å². The van der Waals surface area contributed by atoms with Crippen molar-refractivity contribution in [2.75, 3.05) is 6.61 Å². The molecule has 6 heteroatoms. The van der Waals surface area contributed by atoms with E-state index in [1.807, 2.05) is 54.6 Å². The third-order valence-corrected chi connectivity index (χ3v) is 5.77. The summed E-state index contributed by atoms with van der Waals surface area (Å²) in [5, 5.41) is 3.10. The van der Waals surface area contributed by atoms with Crippen LogP contribution in [-0.2, 0) is 16.1 Å². The number of nitrogens with zero attached hydrogens (tertiary/aromatic N) is 1. The van der Waals surface area contributed by atoms with Gasteiger partial charge in [-0.2, -0.15) is 0 Å². The SMILES string of the molecule is CC(C(=O)NC1CCCC1)N(Cc1ccc(Br)cc1)C(=O)COc1ccccc1. The molecule has 0 bridgehead atoms. The summed E-state index contributed by atoms with van der Waals surface area (Å²) in [5.74, 6) is 0.306. The number of para-hydroxylation sites is 1. The Hall–Kier alpha value is -2.34. The van der Waals surface area contributed by atoms with Crippen LogP contribution in [0.2, 0.25) is 0 Å². The average molecular weight is 459 g/mol. The van der Waals surface area contributed by atoms with Crippen molar-refractivity contribution in [2.24, 2.45) is 0 Å². The number of amides is 2. The summed E-state index contributed by atoms with van der Waals surface area (Å²) in [6.45, 7) is 2.02. The first-order valence-electron chi connectivity index (χ1n) is 10.0. The zero-order valence-corrected chi connectivity index (χ0v) is 18.2. The first kappa shape index (κ1) is 21.4. The van der Waals surface area contributed by atoms with Crippen molar-refractivity contribution < 1.29 is 14.3 Å². The molecule has 1 saturated carbocycles. The lowest BCUT2D eigenvalue weighted by molar-refractivity contribution is -0.142. The molecule has 0 saturated heterocycles. The van der Waals surface area contributed by atoms with E-state index in [4.69, 9.17) is 4.74 Å². The second kappa shape index (κ2) is 10.4. The van der Waals surface area contributed by atoms with Crippen molar-refractivity contribution in [2.45, 2.75) is 51.2 Å². The first-order valence-corrected chi connectivity index (χ1v) is 10.8. The van der Waals surface area contributed by atoms with Crippen molar-refractivity contribution in [1.82, 2.24) is 10.2 Å². The summed E-state index contributed by atoms with van der Waals surface area (Å²) < 4.78 is 6.61. The van der Waals surface area contributed by atoms with Crippen LogP contribution in [0.15, 0.2) is 59.1 Å². The van der Waals surface area contributed by atoms with E-state index < -0.39 is 6.04 Å². The van der Waals surface area contributed by atoms with Gasteiger partial charge in [-0.15, -0.1) is 0 Å². The largest absolute Gasteiger partial charge is 0.484 e. The van der Waals surface area contributed by atoms with Gasteiger partial charge in [0.1, 0.15) is 11.8 Å². The van der Waals surface area contributed by atoms with Gasteiger partial charge in [-0.3, -0.25) is 9.59 Å². The van der Waals surface area contributed by atoms with E-state index in [0.717, 1.165) is 35.7 Å². The van der Waals surface area contributed by atoms with Crippen molar-refractivity contribution in [3.8, 4) is 5.75 Å². The molecule has 154 valence electrons. The fourth-order valence-electron chi connectivity index (χ4n) is 3.51. The van der Waals surface area contributed by atoms with Crippen molar-refractivity contribution in [3.05, 3.63) is 64.6 Å². The molecule has 0 radical (unpaired) electrons. The number of carbonyl (C=O) groups is 2. The molecular weight excluding hydrogens is 432 g/mol. The maximum Gasteiger partial charge on any atom is 0.261 e. The third-order valence-electron chi connectivity index (χ3n) is 5.24. The number of hydrogen-bond donors (Lipinski definition) is 1. The van der Waals surface area contributed by atoms with Gasteiger partial charge in [0, 0.05) is 17.1 Å². The lowest BCUT2D eigenvalue weighted by atomic mass is 10.1. The minimum absolute atomic E-state index is 0.109. The van der Waals surface area contributed by atoms with E-state index in [1.165, 1.54) is 0 Å². The van der Waals surface area contributed by atoms with E-state index in [0.29, 0.717) is 12.3 Å². The van der Waals surface area contributed by atoms with Crippen LogP contribution in [0.4, 0.5) is 0 Å². The first-order chi connectivity index (χ1) is 14.0. The normalized spacial score (nSPS) is 15.0. The van der Waals surface area contributed by atoms with E-state index in [1.54, 1.807) is 11.8 Å². The van der Waals surface area contributed by atoms with E-state index in [9.17, 15) is 9.59 Å². The van der Waals surface area contributed by atoms with E-state index in [2.05, 4.69) is 21.2 Å². The number of rotatable bonds is 8. The van der Waals surface area contributed by atoms with Gasteiger partial charge in [0.2, 0.25) is 5.91 Å². The molecule has 1 atom stereocenters. The highest BCUT2D eigenvalue weighted by Gasteiger charge is 2.28. The number of carbonyl (C=O) groups excluding carboxylic acids is 2. The predicted octanol–water partition coefficient (Wildman–Crippen LogP) is 4.30. The van der Waals surface area contributed by atoms with Crippen molar-refractivity contribution in [3.63, 3.8) is 0 Å². The average Bonchev–Trinajstić information content (AvgIpc) is 3.25. The molecular formula is C23H27BrN2O3. The standard InChI is InChI=1S/C23H27BrN2O3/c1-17(23(28)25-20-7-5-6-8-20)26(15-18-11-13-19(24)14-12-18)22(27)16-29-21-9-3-2-4-10-21/h2-4,9-14,17,20H,5-8,15-16H2,1H3,(H,25,28). The lowest BCUT2D eigenvalue weighted by Gasteiger charge is -2.29. The van der Waals surface area contributed by atoms with E-state index in [-0.39, 0.29) is 24.5 Å². The van der Waals surface area contributed by atoms with Gasteiger partial charge < -0.3 is 15.0 Å². The number of hydrogen-bond acceptors (Lipinski definition) is 3. The maximum absolute atomic E-state index is 13.0. The molecule has 0 spiro atoms. The maximum atomic E-state index is 13.0. The Morgan fingerprint density at radius 2 is 1.76 bits per heavy atom. The predicted molar refractivity (Wildman–Crippen MR) is 116 cm³/mol. The van der Waals surface area contributed by atoms with Gasteiger partial charge in [0.05, 0.1) is 0 Å². The minimum atomic E-state index is -0.578. The summed E-state index contributed by atoms with van der Waals surface area (Å²) >= 11 is 3.43. The summed E-state index contributed by atoms with van der Waals surface area (Å²) in [7, 11) is 0. The fourth-order valence-corrected chi connectivity index (χ4v) is 3.77. The van der Waals surface area contributed by atoms with Gasteiger partial charge in [0.25, 0.3) is 5.91 Å². The molecule has 2 aromatic rings. The molecule has 2 amide bonds. The molecule has 29 heavy (non-hydrogen) atoms. The highest BCUT2D eigenvalue weighted by Crippen LogP contribution is 2.19. The van der Waals surface area contributed by atoms with Gasteiger partial charge in [0.15, 0.2) is 6.61 Å². The second-order valence-corrected chi connectivity index (χ2v) is 8.33. The van der Waals surface area contributed by atoms with Gasteiger partial charge in [-0.1, -0.05) is 59.1 Å². The summed E-state index contributed by atoms with van der Waals surface area (Å²) in [5.41, 5.74) is 0.960. The lowest BCUT2D eigenvalue weighted by Crippen LogP contribution is -2.50. The van der Waals surface area contributed by atoms with Crippen LogP contribution in [0.25, 0.3) is 0 Å². The molecule has 0 aliphatic heterocycles. The smallest absolute Gasteiger partial charge is 0.261 e. The van der Waals surface area contributed by atoms with Crippen LogP contribution >= 0.6 is 15.9 Å². The van der Waals surface area contributed by atoms with Crippen LogP contribution in [0.5, 0.6) is 5.75 Å². The number of benzene rings is 2.